The van der Waals surface area contributed by atoms with Crippen LogP contribution in [0.25, 0.3) is 0 Å². The molecule has 15 heavy (non-hydrogen) atoms. The van der Waals surface area contributed by atoms with E-state index in [-0.39, 0.29) is 0 Å². The van der Waals surface area contributed by atoms with E-state index in [0.717, 1.165) is 18.4 Å². The summed E-state index contributed by atoms with van der Waals surface area (Å²) in [6, 6.07) is 10.8. The molecule has 1 radical (unpaired) electrons. The van der Waals surface area contributed by atoms with Crippen LogP contribution in [0.2, 0.25) is 0 Å². The first-order valence-electron chi connectivity index (χ1n) is 5.23. The van der Waals surface area contributed by atoms with Gasteiger partial charge in [-0.2, -0.15) is 0 Å². The number of aryl methyl sites for hydroxylation is 1. The fourth-order valence-corrected chi connectivity index (χ4v) is 2.10. The number of benzene rings is 1. The number of para-hydroxylation sites is 1. The highest BCUT2D eigenvalue weighted by molar-refractivity contribution is 5.54. The van der Waals surface area contributed by atoms with Crippen LogP contribution in [0, 0.1) is 6.26 Å². The minimum atomic E-state index is 0.346. The van der Waals surface area contributed by atoms with Crippen molar-refractivity contribution in [2.24, 2.45) is 0 Å². The Morgan fingerprint density at radius 1 is 1.27 bits per heavy atom. The van der Waals surface area contributed by atoms with Crippen LogP contribution in [0.15, 0.2) is 41.0 Å². The summed E-state index contributed by atoms with van der Waals surface area (Å²) in [4.78, 5) is 0. The molecule has 0 amide bonds. The first kappa shape index (κ1) is 8.60. The molecular weight excluding hydrogens is 186 g/mol. The third-order valence-corrected chi connectivity index (χ3v) is 2.92. The van der Waals surface area contributed by atoms with Gasteiger partial charge in [0.2, 0.25) is 0 Å². The topological polar surface area (TPSA) is 25.2 Å². The Labute approximate surface area is 88.9 Å². The van der Waals surface area contributed by atoms with Crippen LogP contribution in [0.5, 0.6) is 0 Å². The SMILES string of the molecule is [c]1occc1C1CCc2ccccc2N1. The first-order chi connectivity index (χ1) is 7.43. The summed E-state index contributed by atoms with van der Waals surface area (Å²) >= 11 is 0. The Balaban J connectivity index is 1.89. The summed E-state index contributed by atoms with van der Waals surface area (Å²) in [5, 5.41) is 3.51. The maximum atomic E-state index is 4.99. The third-order valence-electron chi connectivity index (χ3n) is 2.92. The predicted octanol–water partition coefficient (Wildman–Crippen LogP) is 3.18. The van der Waals surface area contributed by atoms with E-state index in [4.69, 9.17) is 4.42 Å². The van der Waals surface area contributed by atoms with E-state index in [1.54, 1.807) is 6.26 Å². The van der Waals surface area contributed by atoms with Gasteiger partial charge < -0.3 is 9.73 Å². The number of nitrogens with one attached hydrogen (secondary N) is 1. The van der Waals surface area contributed by atoms with E-state index in [1.807, 2.05) is 6.07 Å². The van der Waals surface area contributed by atoms with Crippen LogP contribution >= 0.6 is 0 Å². The fourth-order valence-electron chi connectivity index (χ4n) is 2.10. The van der Waals surface area contributed by atoms with Crippen LogP contribution in [0.3, 0.4) is 0 Å². The maximum Gasteiger partial charge on any atom is 0.174 e. The van der Waals surface area contributed by atoms with Gasteiger partial charge in [-0.1, -0.05) is 18.2 Å². The molecule has 0 spiro atoms. The monoisotopic (exact) mass is 198 g/mol. The van der Waals surface area contributed by atoms with Crippen LogP contribution in [0.1, 0.15) is 23.6 Å². The van der Waals surface area contributed by atoms with Gasteiger partial charge in [0.1, 0.15) is 0 Å². The lowest BCUT2D eigenvalue weighted by Gasteiger charge is -2.25. The molecule has 0 fully saturated rings. The molecule has 2 heterocycles. The zero-order chi connectivity index (χ0) is 10.1. The molecule has 0 bridgehead atoms. The van der Waals surface area contributed by atoms with Gasteiger partial charge in [0.15, 0.2) is 6.26 Å². The van der Waals surface area contributed by atoms with Crippen LogP contribution in [0.4, 0.5) is 5.69 Å². The van der Waals surface area contributed by atoms with Gasteiger partial charge in [-0.15, -0.1) is 0 Å². The zero-order valence-corrected chi connectivity index (χ0v) is 8.36. The standard InChI is InChI=1S/C13H12NO/c1-2-4-12-10(3-1)5-6-13(14-12)11-7-8-15-9-11/h1-4,7-8,13-14H,5-6H2. The molecule has 1 aromatic carbocycles. The lowest BCUT2D eigenvalue weighted by Crippen LogP contribution is -2.17. The molecule has 1 aliphatic heterocycles. The largest absolute Gasteiger partial charge is 0.461 e. The predicted molar refractivity (Wildman–Crippen MR) is 58.7 cm³/mol. The second kappa shape index (κ2) is 3.46. The maximum absolute atomic E-state index is 4.99. The molecule has 0 aliphatic carbocycles. The van der Waals surface area contributed by atoms with Crippen LogP contribution in [-0.4, -0.2) is 0 Å². The molecule has 3 rings (SSSR count). The minimum Gasteiger partial charge on any atom is -0.461 e. The van der Waals surface area contributed by atoms with E-state index in [2.05, 4.69) is 35.8 Å². The van der Waals surface area contributed by atoms with Crippen molar-refractivity contribution in [2.75, 3.05) is 5.32 Å². The molecular formula is C13H12NO. The zero-order valence-electron chi connectivity index (χ0n) is 8.36. The summed E-state index contributed by atoms with van der Waals surface area (Å²) in [6.07, 6.45) is 6.80. The molecule has 1 atom stereocenters. The average molecular weight is 198 g/mol. The number of furan rings is 1. The smallest absolute Gasteiger partial charge is 0.174 e. The Morgan fingerprint density at radius 3 is 3.07 bits per heavy atom. The summed E-state index contributed by atoms with van der Waals surface area (Å²) in [5.41, 5.74) is 3.75. The van der Waals surface area contributed by atoms with Gasteiger partial charge in [0.25, 0.3) is 0 Å². The normalized spacial score (nSPS) is 19.3. The van der Waals surface area contributed by atoms with Gasteiger partial charge >= 0.3 is 0 Å². The summed E-state index contributed by atoms with van der Waals surface area (Å²) < 4.78 is 4.99. The molecule has 2 heteroatoms. The van der Waals surface area contributed by atoms with Crippen LogP contribution in [-0.2, 0) is 6.42 Å². The van der Waals surface area contributed by atoms with Crippen molar-refractivity contribution in [1.29, 1.82) is 0 Å². The highest BCUT2D eigenvalue weighted by atomic mass is 16.3. The summed E-state index contributed by atoms with van der Waals surface area (Å²) in [6.45, 7) is 0. The fraction of sp³-hybridized carbons (Fsp3) is 0.231. The average Bonchev–Trinajstić information content (AvgIpc) is 2.82. The van der Waals surface area contributed by atoms with Gasteiger partial charge in [-0.3, -0.25) is 0 Å². The van der Waals surface area contributed by atoms with Crippen molar-refractivity contribution in [1.82, 2.24) is 0 Å². The molecule has 2 nitrogen and oxygen atoms in total. The molecule has 1 unspecified atom stereocenters. The number of hydrogen-bond donors (Lipinski definition) is 1. The van der Waals surface area contributed by atoms with Crippen molar-refractivity contribution in [3.8, 4) is 0 Å². The summed E-state index contributed by atoms with van der Waals surface area (Å²) in [5.74, 6) is 0. The van der Waals surface area contributed by atoms with E-state index in [0.29, 0.717) is 6.04 Å². The van der Waals surface area contributed by atoms with E-state index in [9.17, 15) is 0 Å². The molecule has 1 aromatic heterocycles. The Hall–Kier alpha value is -1.70. The molecule has 75 valence electrons. The van der Waals surface area contributed by atoms with Crippen molar-refractivity contribution in [3.63, 3.8) is 0 Å². The number of anilines is 1. The van der Waals surface area contributed by atoms with Crippen molar-refractivity contribution < 1.29 is 4.42 Å². The lowest BCUT2D eigenvalue weighted by molar-refractivity contribution is 0.547. The number of hydrogen-bond acceptors (Lipinski definition) is 2. The van der Waals surface area contributed by atoms with Crippen molar-refractivity contribution in [3.05, 3.63) is 54.0 Å². The van der Waals surface area contributed by atoms with Crippen molar-refractivity contribution >= 4 is 5.69 Å². The van der Waals surface area contributed by atoms with Crippen molar-refractivity contribution in [2.45, 2.75) is 18.9 Å². The highest BCUT2D eigenvalue weighted by Crippen LogP contribution is 2.32. The number of rotatable bonds is 1. The Morgan fingerprint density at radius 2 is 2.20 bits per heavy atom. The van der Waals surface area contributed by atoms with E-state index >= 15 is 0 Å². The first-order valence-corrected chi connectivity index (χ1v) is 5.23. The summed E-state index contributed by atoms with van der Waals surface area (Å²) in [7, 11) is 0. The molecule has 1 aliphatic rings. The van der Waals surface area contributed by atoms with Gasteiger partial charge in [-0.25, -0.2) is 0 Å². The second-order valence-corrected chi connectivity index (χ2v) is 3.87. The molecule has 0 saturated carbocycles. The Bertz CT molecular complexity index is 447. The van der Waals surface area contributed by atoms with E-state index < -0.39 is 0 Å². The van der Waals surface area contributed by atoms with Gasteiger partial charge in [-0.05, 0) is 30.5 Å². The third kappa shape index (κ3) is 1.52. The molecule has 1 N–H and O–H groups in total. The highest BCUT2D eigenvalue weighted by Gasteiger charge is 2.19. The number of fused-ring (bicyclic) bond motifs is 1. The van der Waals surface area contributed by atoms with E-state index in [1.165, 1.54) is 11.3 Å². The van der Waals surface area contributed by atoms with Gasteiger partial charge in [0, 0.05) is 11.3 Å². The molecule has 0 saturated heterocycles. The van der Waals surface area contributed by atoms with Crippen LogP contribution < -0.4 is 5.32 Å². The Kier molecular flexibility index (Phi) is 1.98. The molecule has 2 aromatic rings. The quantitative estimate of drug-likeness (QED) is 0.761. The minimum absolute atomic E-state index is 0.346. The van der Waals surface area contributed by atoms with Gasteiger partial charge in [0.05, 0.1) is 12.3 Å². The second-order valence-electron chi connectivity index (χ2n) is 3.87. The lowest BCUT2D eigenvalue weighted by atomic mass is 9.95.